The zero-order valence-corrected chi connectivity index (χ0v) is 11.8. The summed E-state index contributed by atoms with van der Waals surface area (Å²) >= 11 is 0. The Labute approximate surface area is 117 Å². The summed E-state index contributed by atoms with van der Waals surface area (Å²) in [4.78, 5) is 24.4. The molecule has 0 fully saturated rings. The topological polar surface area (TPSA) is 87.2 Å². The van der Waals surface area contributed by atoms with Gasteiger partial charge >= 0.3 is 0 Å². The molecule has 0 aromatic heterocycles. The first-order valence-electron chi connectivity index (χ1n) is 6.31. The molecule has 6 heteroatoms. The fraction of sp³-hybridized carbons (Fsp3) is 0.429. The number of nitriles is 1. The van der Waals surface area contributed by atoms with E-state index in [1.807, 2.05) is 19.9 Å². The summed E-state index contributed by atoms with van der Waals surface area (Å²) in [5, 5.41) is 19.7. The molecule has 1 aromatic rings. The molecule has 0 aliphatic heterocycles. The van der Waals surface area contributed by atoms with Crippen molar-refractivity contribution in [2.75, 3.05) is 6.54 Å². The van der Waals surface area contributed by atoms with Crippen molar-refractivity contribution in [1.29, 1.82) is 5.26 Å². The number of hydrogen-bond donors (Lipinski definition) is 0. The molecular formula is C14H17N3O3. The van der Waals surface area contributed by atoms with Crippen LogP contribution in [0.4, 0.5) is 5.69 Å². The van der Waals surface area contributed by atoms with E-state index in [2.05, 4.69) is 0 Å². The lowest BCUT2D eigenvalue weighted by atomic mass is 10.1. The van der Waals surface area contributed by atoms with Gasteiger partial charge in [0.25, 0.3) is 11.6 Å². The largest absolute Gasteiger partial charge is 0.335 e. The van der Waals surface area contributed by atoms with Crippen LogP contribution in [0.2, 0.25) is 0 Å². The molecule has 0 bridgehead atoms. The second kappa shape index (κ2) is 6.66. The molecule has 1 rings (SSSR count). The van der Waals surface area contributed by atoms with E-state index in [-0.39, 0.29) is 30.3 Å². The smallest absolute Gasteiger partial charge is 0.282 e. The number of carbonyl (C=O) groups is 1. The third-order valence-corrected chi connectivity index (χ3v) is 2.93. The highest BCUT2D eigenvalue weighted by Gasteiger charge is 2.26. The third kappa shape index (κ3) is 3.54. The second-order valence-corrected chi connectivity index (χ2v) is 4.78. The number of benzene rings is 1. The van der Waals surface area contributed by atoms with Crippen molar-refractivity contribution in [2.45, 2.75) is 33.2 Å². The SMILES string of the molecule is Cc1ccc([N+](=O)[O-])c(C(=O)N(CCC#N)C(C)C)c1. The van der Waals surface area contributed by atoms with Gasteiger partial charge in [-0.25, -0.2) is 0 Å². The van der Waals surface area contributed by atoms with E-state index in [4.69, 9.17) is 5.26 Å². The van der Waals surface area contributed by atoms with Gasteiger partial charge in [-0.05, 0) is 32.4 Å². The maximum atomic E-state index is 12.5. The van der Waals surface area contributed by atoms with Gasteiger partial charge in [-0.3, -0.25) is 14.9 Å². The Hall–Kier alpha value is -2.42. The molecule has 0 radical (unpaired) electrons. The summed E-state index contributed by atoms with van der Waals surface area (Å²) in [6, 6.07) is 6.31. The van der Waals surface area contributed by atoms with Gasteiger partial charge < -0.3 is 4.90 Å². The van der Waals surface area contributed by atoms with Crippen LogP contribution in [0, 0.1) is 28.4 Å². The number of carbonyl (C=O) groups excluding carboxylic acids is 1. The molecule has 0 spiro atoms. The van der Waals surface area contributed by atoms with Crippen LogP contribution >= 0.6 is 0 Å². The van der Waals surface area contributed by atoms with Crippen LogP contribution in [0.5, 0.6) is 0 Å². The predicted octanol–water partition coefficient (Wildman–Crippen LogP) is 2.67. The maximum absolute atomic E-state index is 12.5. The average molecular weight is 275 g/mol. The quantitative estimate of drug-likeness (QED) is 0.610. The van der Waals surface area contributed by atoms with Crippen molar-refractivity contribution < 1.29 is 9.72 Å². The number of hydrogen-bond acceptors (Lipinski definition) is 4. The first-order chi connectivity index (χ1) is 9.38. The summed E-state index contributed by atoms with van der Waals surface area (Å²) < 4.78 is 0. The molecule has 0 heterocycles. The maximum Gasteiger partial charge on any atom is 0.282 e. The zero-order valence-electron chi connectivity index (χ0n) is 11.8. The van der Waals surface area contributed by atoms with Crippen molar-refractivity contribution in [1.82, 2.24) is 4.90 Å². The van der Waals surface area contributed by atoms with Gasteiger partial charge in [0.05, 0.1) is 17.4 Å². The van der Waals surface area contributed by atoms with E-state index >= 15 is 0 Å². The lowest BCUT2D eigenvalue weighted by Crippen LogP contribution is -2.38. The summed E-state index contributed by atoms with van der Waals surface area (Å²) in [5.74, 6) is -0.411. The molecule has 0 atom stereocenters. The third-order valence-electron chi connectivity index (χ3n) is 2.93. The number of nitrogens with zero attached hydrogens (tertiary/aromatic N) is 3. The fourth-order valence-corrected chi connectivity index (χ4v) is 1.90. The highest BCUT2D eigenvalue weighted by molar-refractivity contribution is 5.98. The minimum Gasteiger partial charge on any atom is -0.335 e. The molecule has 0 aliphatic carbocycles. The lowest BCUT2D eigenvalue weighted by molar-refractivity contribution is -0.385. The normalized spacial score (nSPS) is 10.2. The van der Waals surface area contributed by atoms with Crippen LogP contribution in [-0.2, 0) is 0 Å². The highest BCUT2D eigenvalue weighted by Crippen LogP contribution is 2.22. The number of aryl methyl sites for hydroxylation is 1. The van der Waals surface area contributed by atoms with Gasteiger partial charge in [-0.2, -0.15) is 5.26 Å². The minimum atomic E-state index is -0.560. The minimum absolute atomic E-state index is 0.0710. The molecule has 106 valence electrons. The van der Waals surface area contributed by atoms with Crippen LogP contribution < -0.4 is 0 Å². The standard InChI is InChI=1S/C14H17N3O3/c1-10(2)16(8-4-7-15)14(18)12-9-11(3)5-6-13(12)17(19)20/h5-6,9-10H,4,8H2,1-3H3. The Balaban J connectivity index is 3.20. The number of nitro groups is 1. The van der Waals surface area contributed by atoms with Crippen molar-refractivity contribution in [3.8, 4) is 6.07 Å². The van der Waals surface area contributed by atoms with Crippen LogP contribution in [0.15, 0.2) is 18.2 Å². The Morgan fingerprint density at radius 1 is 1.50 bits per heavy atom. The number of nitro benzene ring substituents is 1. The highest BCUT2D eigenvalue weighted by atomic mass is 16.6. The van der Waals surface area contributed by atoms with Crippen LogP contribution in [0.25, 0.3) is 0 Å². The van der Waals surface area contributed by atoms with Gasteiger partial charge in [0.15, 0.2) is 0 Å². The Bertz CT molecular complexity index is 561. The molecule has 0 aliphatic rings. The summed E-state index contributed by atoms with van der Waals surface area (Å²) in [6.45, 7) is 5.67. The molecule has 1 aromatic carbocycles. The van der Waals surface area contributed by atoms with Gasteiger partial charge in [0, 0.05) is 18.7 Å². The first kappa shape index (κ1) is 15.6. The van der Waals surface area contributed by atoms with Crippen LogP contribution in [0.3, 0.4) is 0 Å². The Morgan fingerprint density at radius 3 is 2.65 bits per heavy atom. The second-order valence-electron chi connectivity index (χ2n) is 4.78. The van der Waals surface area contributed by atoms with E-state index in [1.54, 1.807) is 13.0 Å². The summed E-state index contributed by atoms with van der Waals surface area (Å²) in [7, 11) is 0. The molecule has 0 N–H and O–H groups in total. The van der Waals surface area contributed by atoms with E-state index in [9.17, 15) is 14.9 Å². The van der Waals surface area contributed by atoms with Crippen molar-refractivity contribution in [2.24, 2.45) is 0 Å². The van der Waals surface area contributed by atoms with Crippen molar-refractivity contribution in [3.05, 3.63) is 39.4 Å². The summed E-state index contributed by atoms with van der Waals surface area (Å²) in [6.07, 6.45) is 0.198. The molecule has 6 nitrogen and oxygen atoms in total. The van der Waals surface area contributed by atoms with Gasteiger partial charge in [-0.15, -0.1) is 0 Å². The van der Waals surface area contributed by atoms with Crippen LogP contribution in [-0.4, -0.2) is 28.3 Å². The zero-order chi connectivity index (χ0) is 15.3. The monoisotopic (exact) mass is 275 g/mol. The molecule has 1 amide bonds. The van der Waals surface area contributed by atoms with E-state index < -0.39 is 10.8 Å². The van der Waals surface area contributed by atoms with E-state index in [0.29, 0.717) is 0 Å². The van der Waals surface area contributed by atoms with Crippen molar-refractivity contribution >= 4 is 11.6 Å². The first-order valence-corrected chi connectivity index (χ1v) is 6.31. The number of amides is 1. The van der Waals surface area contributed by atoms with Gasteiger partial charge in [0.2, 0.25) is 0 Å². The van der Waals surface area contributed by atoms with Gasteiger partial charge in [0.1, 0.15) is 5.56 Å². The number of rotatable bonds is 5. The van der Waals surface area contributed by atoms with E-state index in [0.717, 1.165) is 5.56 Å². The molecule has 0 unspecified atom stereocenters. The van der Waals surface area contributed by atoms with Gasteiger partial charge in [-0.1, -0.05) is 6.07 Å². The molecule has 0 saturated heterocycles. The molecule has 20 heavy (non-hydrogen) atoms. The molecular weight excluding hydrogens is 258 g/mol. The Morgan fingerprint density at radius 2 is 2.15 bits per heavy atom. The van der Waals surface area contributed by atoms with Crippen molar-refractivity contribution in [3.63, 3.8) is 0 Å². The molecule has 0 saturated carbocycles. The van der Waals surface area contributed by atoms with Crippen LogP contribution in [0.1, 0.15) is 36.2 Å². The summed E-state index contributed by atoms with van der Waals surface area (Å²) in [5.41, 5.74) is 0.646. The Kier molecular flexibility index (Phi) is 5.21. The lowest BCUT2D eigenvalue weighted by Gasteiger charge is -2.25. The average Bonchev–Trinajstić information content (AvgIpc) is 2.38. The van der Waals surface area contributed by atoms with E-state index in [1.165, 1.54) is 17.0 Å². The fourth-order valence-electron chi connectivity index (χ4n) is 1.90. The predicted molar refractivity (Wildman–Crippen MR) is 74.2 cm³/mol.